The molecule has 0 amide bonds. The van der Waals surface area contributed by atoms with E-state index in [0.29, 0.717) is 29.9 Å². The van der Waals surface area contributed by atoms with Crippen LogP contribution in [0, 0.1) is 6.92 Å². The van der Waals surface area contributed by atoms with E-state index in [4.69, 9.17) is 16.2 Å². The Kier molecular flexibility index (Phi) is 4.34. The Labute approximate surface area is 148 Å². The van der Waals surface area contributed by atoms with Gasteiger partial charge in [0.2, 0.25) is 5.88 Å². The summed E-state index contributed by atoms with van der Waals surface area (Å²) < 4.78 is 5.85. The maximum atomic E-state index is 6.28. The maximum absolute atomic E-state index is 6.28. The Morgan fingerprint density at radius 2 is 1.68 bits per heavy atom. The van der Waals surface area contributed by atoms with Crippen LogP contribution in [0.15, 0.2) is 24.3 Å². The molecule has 1 aliphatic carbocycles. The van der Waals surface area contributed by atoms with Gasteiger partial charge in [-0.2, -0.15) is 4.98 Å². The van der Waals surface area contributed by atoms with Crippen molar-refractivity contribution in [2.75, 3.05) is 5.73 Å². The van der Waals surface area contributed by atoms with Crippen molar-refractivity contribution >= 4 is 5.82 Å². The lowest BCUT2D eigenvalue weighted by Crippen LogP contribution is -2.39. The van der Waals surface area contributed by atoms with Crippen molar-refractivity contribution < 1.29 is 4.74 Å². The lowest BCUT2D eigenvalue weighted by molar-refractivity contribution is 0.148. The van der Waals surface area contributed by atoms with Crippen LogP contribution in [-0.2, 0) is 6.42 Å². The average molecular weight is 338 g/mol. The smallest absolute Gasteiger partial charge is 0.223 e. The SMILES string of the molecule is Cc1nc(N)c2c(n1)OC(N)C(c1ccc(C3CCCCC3)cc1)C2. The van der Waals surface area contributed by atoms with Gasteiger partial charge in [0.15, 0.2) is 6.23 Å². The number of aromatic nitrogens is 2. The molecule has 0 saturated heterocycles. The second-order valence-corrected chi connectivity index (χ2v) is 7.33. The Morgan fingerprint density at radius 3 is 2.40 bits per heavy atom. The molecule has 0 radical (unpaired) electrons. The summed E-state index contributed by atoms with van der Waals surface area (Å²) >= 11 is 0. The number of fused-ring (bicyclic) bond motifs is 1. The van der Waals surface area contributed by atoms with E-state index in [-0.39, 0.29) is 5.92 Å². The zero-order chi connectivity index (χ0) is 17.4. The zero-order valence-corrected chi connectivity index (χ0v) is 14.7. The van der Waals surface area contributed by atoms with E-state index >= 15 is 0 Å². The van der Waals surface area contributed by atoms with Crippen LogP contribution in [0.25, 0.3) is 0 Å². The van der Waals surface area contributed by atoms with E-state index in [1.165, 1.54) is 43.2 Å². The highest BCUT2D eigenvalue weighted by molar-refractivity contribution is 5.48. The van der Waals surface area contributed by atoms with E-state index in [1.807, 2.05) is 6.92 Å². The number of nitrogen functional groups attached to an aromatic ring is 1. The zero-order valence-electron chi connectivity index (χ0n) is 14.7. The minimum absolute atomic E-state index is 0.0708. The summed E-state index contributed by atoms with van der Waals surface area (Å²) in [4.78, 5) is 8.60. The molecule has 5 heteroatoms. The molecule has 0 bridgehead atoms. The molecule has 5 nitrogen and oxygen atoms in total. The minimum atomic E-state index is -0.415. The second kappa shape index (κ2) is 6.64. The van der Waals surface area contributed by atoms with Crippen LogP contribution in [0.5, 0.6) is 5.88 Å². The monoisotopic (exact) mass is 338 g/mol. The highest BCUT2D eigenvalue weighted by Gasteiger charge is 2.31. The number of benzene rings is 1. The predicted molar refractivity (Wildman–Crippen MR) is 98.5 cm³/mol. The molecule has 1 aromatic carbocycles. The Hall–Kier alpha value is -2.14. The highest BCUT2D eigenvalue weighted by atomic mass is 16.5. The first kappa shape index (κ1) is 16.3. The molecule has 132 valence electrons. The summed E-state index contributed by atoms with van der Waals surface area (Å²) in [6, 6.07) is 8.94. The quantitative estimate of drug-likeness (QED) is 0.876. The summed E-state index contributed by atoms with van der Waals surface area (Å²) in [6.45, 7) is 1.81. The molecule has 1 aromatic heterocycles. The van der Waals surface area contributed by atoms with Crippen molar-refractivity contribution in [3.05, 3.63) is 46.8 Å². The van der Waals surface area contributed by atoms with Gasteiger partial charge in [-0.1, -0.05) is 43.5 Å². The van der Waals surface area contributed by atoms with Crippen LogP contribution >= 0.6 is 0 Å². The van der Waals surface area contributed by atoms with E-state index in [0.717, 1.165) is 5.56 Å². The fourth-order valence-corrected chi connectivity index (χ4v) is 4.19. The van der Waals surface area contributed by atoms with Crippen molar-refractivity contribution in [2.24, 2.45) is 5.73 Å². The van der Waals surface area contributed by atoms with E-state index in [1.54, 1.807) is 0 Å². The van der Waals surface area contributed by atoms with Gasteiger partial charge in [0.05, 0.1) is 5.56 Å². The van der Waals surface area contributed by atoms with Crippen LogP contribution in [0.4, 0.5) is 5.82 Å². The number of hydrogen-bond donors (Lipinski definition) is 2. The Balaban J connectivity index is 1.57. The van der Waals surface area contributed by atoms with Crippen LogP contribution in [0.2, 0.25) is 0 Å². The van der Waals surface area contributed by atoms with Gasteiger partial charge in [-0.25, -0.2) is 4.98 Å². The molecule has 25 heavy (non-hydrogen) atoms. The molecule has 1 aliphatic heterocycles. The van der Waals surface area contributed by atoms with E-state index in [9.17, 15) is 0 Å². The van der Waals surface area contributed by atoms with Crippen LogP contribution in [-0.4, -0.2) is 16.2 Å². The van der Waals surface area contributed by atoms with Crippen LogP contribution in [0.1, 0.15) is 66.5 Å². The molecule has 2 aliphatic rings. The fourth-order valence-electron chi connectivity index (χ4n) is 4.19. The first-order chi connectivity index (χ1) is 12.1. The number of nitrogens with zero attached hydrogens (tertiary/aromatic N) is 2. The second-order valence-electron chi connectivity index (χ2n) is 7.33. The number of rotatable bonds is 2. The van der Waals surface area contributed by atoms with Gasteiger partial charge in [0.25, 0.3) is 0 Å². The van der Waals surface area contributed by atoms with Gasteiger partial charge in [-0.15, -0.1) is 0 Å². The van der Waals surface area contributed by atoms with Gasteiger partial charge < -0.3 is 10.5 Å². The number of ether oxygens (including phenoxy) is 1. The lowest BCUT2D eigenvalue weighted by Gasteiger charge is -2.31. The molecule has 2 aromatic rings. The van der Waals surface area contributed by atoms with Crippen LogP contribution < -0.4 is 16.2 Å². The van der Waals surface area contributed by atoms with Gasteiger partial charge in [0, 0.05) is 5.92 Å². The summed E-state index contributed by atoms with van der Waals surface area (Å²) in [5.41, 5.74) is 15.9. The van der Waals surface area contributed by atoms with E-state index in [2.05, 4.69) is 34.2 Å². The molecule has 2 unspecified atom stereocenters. The average Bonchev–Trinajstić information content (AvgIpc) is 2.62. The van der Waals surface area contributed by atoms with E-state index < -0.39 is 6.23 Å². The molecule has 1 fully saturated rings. The minimum Gasteiger partial charge on any atom is -0.458 e. The maximum Gasteiger partial charge on any atom is 0.223 e. The number of aryl methyl sites for hydroxylation is 1. The molecule has 1 saturated carbocycles. The van der Waals surface area contributed by atoms with Crippen LogP contribution in [0.3, 0.4) is 0 Å². The van der Waals surface area contributed by atoms with Crippen molar-refractivity contribution in [1.29, 1.82) is 0 Å². The molecule has 0 spiro atoms. The first-order valence-electron chi connectivity index (χ1n) is 9.27. The molecule has 2 heterocycles. The summed E-state index contributed by atoms with van der Waals surface area (Å²) in [6.07, 6.45) is 7.00. The van der Waals surface area contributed by atoms with Crippen molar-refractivity contribution in [3.8, 4) is 5.88 Å². The van der Waals surface area contributed by atoms with Gasteiger partial charge in [-0.05, 0) is 43.2 Å². The standard InChI is InChI=1S/C20H26N4O/c1-12-23-18(21)17-11-16(19(22)25-20(17)24-12)15-9-7-14(8-10-15)13-5-3-2-4-6-13/h7-10,13,16,19H,2-6,11,22H2,1H3,(H2,21,23,24). The molecule has 4 N–H and O–H groups in total. The summed E-state index contributed by atoms with van der Waals surface area (Å²) in [5, 5.41) is 0. The molecule has 4 rings (SSSR count). The highest BCUT2D eigenvalue weighted by Crippen LogP contribution is 2.37. The fraction of sp³-hybridized carbons (Fsp3) is 0.500. The third kappa shape index (κ3) is 3.21. The van der Waals surface area contributed by atoms with Gasteiger partial charge in [-0.3, -0.25) is 5.73 Å². The molecular weight excluding hydrogens is 312 g/mol. The van der Waals surface area contributed by atoms with Gasteiger partial charge in [0.1, 0.15) is 11.6 Å². The molecule has 2 atom stereocenters. The normalized spacial score (nSPS) is 23.8. The largest absolute Gasteiger partial charge is 0.458 e. The Bertz CT molecular complexity index is 753. The predicted octanol–water partition coefficient (Wildman–Crippen LogP) is 3.42. The number of nitrogens with two attached hydrogens (primary N) is 2. The van der Waals surface area contributed by atoms with Crippen molar-refractivity contribution in [2.45, 2.75) is 63.5 Å². The third-order valence-electron chi connectivity index (χ3n) is 5.62. The summed E-state index contributed by atoms with van der Waals surface area (Å²) in [5.74, 6) is 2.43. The van der Waals surface area contributed by atoms with Crippen molar-refractivity contribution in [1.82, 2.24) is 9.97 Å². The molecular formula is C20H26N4O. The van der Waals surface area contributed by atoms with Gasteiger partial charge >= 0.3 is 0 Å². The Morgan fingerprint density at radius 1 is 1.00 bits per heavy atom. The number of anilines is 1. The first-order valence-corrected chi connectivity index (χ1v) is 9.27. The summed E-state index contributed by atoms with van der Waals surface area (Å²) in [7, 11) is 0. The lowest BCUT2D eigenvalue weighted by atomic mass is 9.82. The van der Waals surface area contributed by atoms with Crippen molar-refractivity contribution in [3.63, 3.8) is 0 Å². The number of hydrogen-bond acceptors (Lipinski definition) is 5. The topological polar surface area (TPSA) is 87.0 Å². The third-order valence-corrected chi connectivity index (χ3v) is 5.62.